The summed E-state index contributed by atoms with van der Waals surface area (Å²) in [5.74, 6) is 0. The van der Waals surface area contributed by atoms with Crippen molar-refractivity contribution in [1.29, 1.82) is 0 Å². The van der Waals surface area contributed by atoms with Gasteiger partial charge in [0.1, 0.15) is 6.29 Å². The molecule has 1 atom stereocenters. The first-order valence-corrected chi connectivity index (χ1v) is 5.25. The normalized spacial score (nSPS) is 15.6. The third kappa shape index (κ3) is 2.90. The van der Waals surface area contributed by atoms with Crippen molar-refractivity contribution in [3.63, 3.8) is 0 Å². The lowest BCUT2D eigenvalue weighted by molar-refractivity contribution is -0.118. The Hall–Kier alpha value is -1.19. The third-order valence-corrected chi connectivity index (χ3v) is 2.98. The Bertz CT molecular complexity index is 358. The topological polar surface area (TPSA) is 57.5 Å². The molecule has 3 heteroatoms. The Balaban J connectivity index is 2.84. The van der Waals surface area contributed by atoms with Crippen molar-refractivity contribution in [3.05, 3.63) is 35.4 Å². The molecule has 0 fully saturated rings. The number of aldehydes is 1. The average molecular weight is 222 g/mol. The van der Waals surface area contributed by atoms with Gasteiger partial charge in [-0.1, -0.05) is 24.3 Å². The highest BCUT2D eigenvalue weighted by atomic mass is 16.3. The van der Waals surface area contributed by atoms with Gasteiger partial charge in [0.15, 0.2) is 0 Å². The second-order valence-corrected chi connectivity index (χ2v) is 4.87. The van der Waals surface area contributed by atoms with Crippen molar-refractivity contribution >= 4 is 6.29 Å². The van der Waals surface area contributed by atoms with E-state index in [0.29, 0.717) is 12.0 Å². The smallest absolute Gasteiger partial charge is 0.150 e. The van der Waals surface area contributed by atoms with Crippen LogP contribution in [0, 0.1) is 0 Å². The van der Waals surface area contributed by atoms with Crippen molar-refractivity contribution in [3.8, 4) is 0 Å². The molecule has 0 aliphatic carbocycles. The first-order chi connectivity index (χ1) is 7.26. The molecular weight excluding hydrogens is 204 g/mol. The van der Waals surface area contributed by atoms with E-state index in [0.717, 1.165) is 11.8 Å². The zero-order chi connectivity index (χ0) is 12.4. The first kappa shape index (κ1) is 12.9. The average Bonchev–Trinajstić information content (AvgIpc) is 2.16. The van der Waals surface area contributed by atoms with Gasteiger partial charge in [0.05, 0.1) is 11.2 Å². The van der Waals surface area contributed by atoms with Gasteiger partial charge in [0.25, 0.3) is 0 Å². The van der Waals surface area contributed by atoms with Gasteiger partial charge in [-0.15, -0.1) is 0 Å². The van der Waals surface area contributed by atoms with E-state index in [2.05, 4.69) is 0 Å². The van der Waals surface area contributed by atoms with Gasteiger partial charge in [0, 0.05) is 12.0 Å². The molecule has 0 saturated heterocycles. The maximum atomic E-state index is 10.5. The summed E-state index contributed by atoms with van der Waals surface area (Å²) in [6.45, 7) is 4.75. The van der Waals surface area contributed by atoms with Gasteiger partial charge >= 0.3 is 0 Å². The maximum absolute atomic E-state index is 10.5. The van der Waals surface area contributed by atoms with Gasteiger partial charge in [-0.2, -0.15) is 0 Å². The molecule has 88 valence electrons. The molecule has 1 unspecified atom stereocenters. The number of hydrogen-bond donors (Lipinski definition) is 2. The molecule has 0 aromatic heterocycles. The van der Waals surface area contributed by atoms with Crippen LogP contribution in [0.1, 0.15) is 36.7 Å². The van der Waals surface area contributed by atoms with Crippen LogP contribution in [0.25, 0.3) is 0 Å². The molecule has 0 saturated carbocycles. The summed E-state index contributed by atoms with van der Waals surface area (Å²) < 4.78 is 0. The predicted octanol–water partition coefficient (Wildman–Crippen LogP) is 1.56. The van der Waals surface area contributed by atoms with Crippen LogP contribution >= 0.6 is 0 Å². The number of aliphatic hydroxyl groups is 2. The van der Waals surface area contributed by atoms with E-state index in [-0.39, 0.29) is 0 Å². The molecule has 1 aromatic carbocycles. The minimum absolute atomic E-state index is 0.343. The quantitative estimate of drug-likeness (QED) is 0.760. The zero-order valence-corrected chi connectivity index (χ0v) is 9.90. The van der Waals surface area contributed by atoms with Crippen LogP contribution in [-0.2, 0) is 6.42 Å². The Morgan fingerprint density at radius 3 is 2.00 bits per heavy atom. The highest BCUT2D eigenvalue weighted by Crippen LogP contribution is 2.25. The van der Waals surface area contributed by atoms with E-state index in [1.54, 1.807) is 45.0 Å². The van der Waals surface area contributed by atoms with E-state index in [4.69, 9.17) is 0 Å². The van der Waals surface area contributed by atoms with Crippen LogP contribution in [0.5, 0.6) is 0 Å². The SMILES string of the molecule is CC(C)(O)C(C)(O)Cc1ccc(C=O)cc1. The van der Waals surface area contributed by atoms with Gasteiger partial charge in [-0.05, 0) is 26.3 Å². The predicted molar refractivity (Wildman–Crippen MR) is 62.5 cm³/mol. The number of benzene rings is 1. The fourth-order valence-corrected chi connectivity index (χ4v) is 1.33. The van der Waals surface area contributed by atoms with Crippen molar-refractivity contribution in [2.45, 2.75) is 38.4 Å². The molecule has 0 radical (unpaired) electrons. The summed E-state index contributed by atoms with van der Waals surface area (Å²) in [4.78, 5) is 10.5. The van der Waals surface area contributed by atoms with Crippen LogP contribution in [-0.4, -0.2) is 27.7 Å². The summed E-state index contributed by atoms with van der Waals surface area (Å²) in [6, 6.07) is 6.96. The van der Waals surface area contributed by atoms with Crippen LogP contribution in [0.4, 0.5) is 0 Å². The molecule has 3 nitrogen and oxygen atoms in total. The number of rotatable bonds is 4. The van der Waals surface area contributed by atoms with Crippen LogP contribution in [0.2, 0.25) is 0 Å². The summed E-state index contributed by atoms with van der Waals surface area (Å²) in [5, 5.41) is 19.9. The fourth-order valence-electron chi connectivity index (χ4n) is 1.33. The summed E-state index contributed by atoms with van der Waals surface area (Å²) in [5.41, 5.74) is -0.879. The molecule has 2 N–H and O–H groups in total. The van der Waals surface area contributed by atoms with Crippen LogP contribution in [0.15, 0.2) is 24.3 Å². The highest BCUT2D eigenvalue weighted by Gasteiger charge is 2.37. The maximum Gasteiger partial charge on any atom is 0.150 e. The molecular formula is C13H18O3. The summed E-state index contributed by atoms with van der Waals surface area (Å²) in [6.07, 6.45) is 1.12. The van der Waals surface area contributed by atoms with Crippen molar-refractivity contribution in [2.24, 2.45) is 0 Å². The molecule has 0 spiro atoms. The molecule has 16 heavy (non-hydrogen) atoms. The third-order valence-electron chi connectivity index (χ3n) is 2.98. The largest absolute Gasteiger partial charge is 0.387 e. The van der Waals surface area contributed by atoms with E-state index < -0.39 is 11.2 Å². The lowest BCUT2D eigenvalue weighted by atomic mass is 9.82. The minimum Gasteiger partial charge on any atom is -0.387 e. The van der Waals surface area contributed by atoms with Crippen molar-refractivity contribution in [2.75, 3.05) is 0 Å². The number of carbonyl (C=O) groups excluding carboxylic acids is 1. The van der Waals surface area contributed by atoms with Gasteiger partial charge in [0.2, 0.25) is 0 Å². The molecule has 0 aliphatic heterocycles. The molecule has 0 aliphatic rings. The van der Waals surface area contributed by atoms with Gasteiger partial charge < -0.3 is 10.2 Å². The molecule has 0 bridgehead atoms. The fraction of sp³-hybridized carbons (Fsp3) is 0.462. The van der Waals surface area contributed by atoms with E-state index >= 15 is 0 Å². The summed E-state index contributed by atoms with van der Waals surface area (Å²) in [7, 11) is 0. The Morgan fingerprint density at radius 1 is 1.12 bits per heavy atom. The Kier molecular flexibility index (Phi) is 3.51. The van der Waals surface area contributed by atoms with Crippen LogP contribution in [0.3, 0.4) is 0 Å². The van der Waals surface area contributed by atoms with E-state index in [9.17, 15) is 15.0 Å². The number of carbonyl (C=O) groups is 1. The second-order valence-electron chi connectivity index (χ2n) is 4.87. The highest BCUT2D eigenvalue weighted by molar-refractivity contribution is 5.74. The van der Waals surface area contributed by atoms with Crippen LogP contribution < -0.4 is 0 Å². The first-order valence-electron chi connectivity index (χ1n) is 5.25. The Labute approximate surface area is 95.7 Å². The number of hydrogen-bond acceptors (Lipinski definition) is 3. The standard InChI is InChI=1S/C13H18O3/c1-12(2,15)13(3,16)8-10-4-6-11(9-14)7-5-10/h4-7,9,15-16H,8H2,1-3H3. The molecule has 1 aromatic rings. The summed E-state index contributed by atoms with van der Waals surface area (Å²) >= 11 is 0. The zero-order valence-electron chi connectivity index (χ0n) is 9.90. The van der Waals surface area contributed by atoms with Gasteiger partial charge in [-0.25, -0.2) is 0 Å². The molecule has 0 amide bonds. The van der Waals surface area contributed by atoms with Crippen molar-refractivity contribution in [1.82, 2.24) is 0 Å². The lowest BCUT2D eigenvalue weighted by Crippen LogP contribution is -2.49. The lowest BCUT2D eigenvalue weighted by Gasteiger charge is -2.35. The van der Waals surface area contributed by atoms with Crippen molar-refractivity contribution < 1.29 is 15.0 Å². The second kappa shape index (κ2) is 4.36. The van der Waals surface area contributed by atoms with E-state index in [1.807, 2.05) is 0 Å². The van der Waals surface area contributed by atoms with Gasteiger partial charge in [-0.3, -0.25) is 4.79 Å². The molecule has 1 rings (SSSR count). The minimum atomic E-state index is -1.20. The molecule has 0 heterocycles. The van der Waals surface area contributed by atoms with E-state index in [1.165, 1.54) is 0 Å². The Morgan fingerprint density at radius 2 is 1.62 bits per heavy atom. The monoisotopic (exact) mass is 222 g/mol.